The highest BCUT2D eigenvalue weighted by molar-refractivity contribution is 7.89. The van der Waals surface area contributed by atoms with Crippen LogP contribution in [-0.4, -0.2) is 40.2 Å². The number of carbonyl (C=O) groups is 1. The van der Waals surface area contributed by atoms with Crippen LogP contribution in [0.15, 0.2) is 35.2 Å². The van der Waals surface area contributed by atoms with E-state index in [1.54, 1.807) is 32.0 Å². The van der Waals surface area contributed by atoms with Gasteiger partial charge in [0.15, 0.2) is 0 Å². The smallest absolute Gasteiger partial charge is 0.324 e. The van der Waals surface area contributed by atoms with Crippen LogP contribution in [0.1, 0.15) is 20.8 Å². The van der Waals surface area contributed by atoms with Gasteiger partial charge in [0.1, 0.15) is 12.6 Å². The van der Waals surface area contributed by atoms with Gasteiger partial charge in [-0.15, -0.1) is 0 Å². The van der Waals surface area contributed by atoms with Crippen LogP contribution in [0.4, 0.5) is 0 Å². The number of carbonyl (C=O) groups excluding carboxylic acids is 1. The van der Waals surface area contributed by atoms with Gasteiger partial charge in [0, 0.05) is 6.61 Å². The van der Waals surface area contributed by atoms with Crippen molar-refractivity contribution in [1.82, 2.24) is 4.72 Å². The van der Waals surface area contributed by atoms with Gasteiger partial charge in [0.25, 0.3) is 0 Å². The third-order valence-electron chi connectivity index (χ3n) is 2.93. The fourth-order valence-electron chi connectivity index (χ4n) is 1.73. The van der Waals surface area contributed by atoms with Gasteiger partial charge < -0.3 is 9.47 Å². The molecule has 0 heterocycles. The first kappa shape index (κ1) is 18.6. The minimum atomic E-state index is -3.77. The quantitative estimate of drug-likeness (QED) is 0.549. The molecule has 0 saturated heterocycles. The lowest BCUT2D eigenvalue weighted by Crippen LogP contribution is -2.45. The molecule has 0 radical (unpaired) electrons. The number of rotatable bonds is 9. The maximum Gasteiger partial charge on any atom is 0.324 e. The number of benzene rings is 1. The van der Waals surface area contributed by atoms with Crippen LogP contribution in [0.5, 0.6) is 0 Å². The van der Waals surface area contributed by atoms with Gasteiger partial charge in [0.2, 0.25) is 10.0 Å². The summed E-state index contributed by atoms with van der Waals surface area (Å²) in [7, 11) is -3.77. The maximum absolute atomic E-state index is 12.3. The van der Waals surface area contributed by atoms with Crippen LogP contribution in [0.25, 0.3) is 0 Å². The molecule has 0 saturated carbocycles. The number of hydrogen-bond acceptors (Lipinski definition) is 5. The summed E-state index contributed by atoms with van der Waals surface area (Å²) >= 11 is 0. The van der Waals surface area contributed by atoms with E-state index < -0.39 is 22.0 Å². The monoisotopic (exact) mass is 329 g/mol. The Kier molecular flexibility index (Phi) is 7.50. The highest BCUT2D eigenvalue weighted by Crippen LogP contribution is 2.12. The van der Waals surface area contributed by atoms with E-state index >= 15 is 0 Å². The van der Waals surface area contributed by atoms with Gasteiger partial charge in [-0.2, -0.15) is 4.72 Å². The maximum atomic E-state index is 12.3. The molecule has 0 aliphatic carbocycles. The van der Waals surface area contributed by atoms with E-state index in [0.717, 1.165) is 0 Å². The largest absolute Gasteiger partial charge is 0.462 e. The van der Waals surface area contributed by atoms with E-state index in [9.17, 15) is 13.2 Å². The Morgan fingerprint density at radius 1 is 1.18 bits per heavy atom. The highest BCUT2D eigenvalue weighted by Gasteiger charge is 2.29. The van der Waals surface area contributed by atoms with Crippen molar-refractivity contribution >= 4 is 16.0 Å². The average Bonchev–Trinajstić information content (AvgIpc) is 2.49. The molecule has 0 aliphatic rings. The van der Waals surface area contributed by atoms with E-state index in [1.807, 2.05) is 6.92 Å². The number of esters is 1. The van der Waals surface area contributed by atoms with Crippen LogP contribution in [0, 0.1) is 5.92 Å². The number of ether oxygens (including phenoxy) is 2. The second-order valence-corrected chi connectivity index (χ2v) is 6.73. The molecule has 1 atom stereocenters. The molecule has 0 spiro atoms. The van der Waals surface area contributed by atoms with Crippen LogP contribution in [-0.2, 0) is 24.3 Å². The molecule has 7 heteroatoms. The normalized spacial score (nSPS) is 13.1. The van der Waals surface area contributed by atoms with Gasteiger partial charge in [0.05, 0.1) is 11.5 Å². The molecule has 1 N–H and O–H groups in total. The molecular formula is C15H23NO5S. The van der Waals surface area contributed by atoms with Crippen LogP contribution in [0.2, 0.25) is 0 Å². The van der Waals surface area contributed by atoms with Crippen LogP contribution < -0.4 is 4.72 Å². The molecule has 0 unspecified atom stereocenters. The molecule has 0 bridgehead atoms. The lowest BCUT2D eigenvalue weighted by Gasteiger charge is -2.20. The van der Waals surface area contributed by atoms with Crippen molar-refractivity contribution in [1.29, 1.82) is 0 Å². The van der Waals surface area contributed by atoms with E-state index in [1.165, 1.54) is 12.1 Å². The molecule has 124 valence electrons. The molecule has 22 heavy (non-hydrogen) atoms. The van der Waals surface area contributed by atoms with E-state index in [4.69, 9.17) is 9.47 Å². The van der Waals surface area contributed by atoms with Gasteiger partial charge in [-0.3, -0.25) is 4.79 Å². The second kappa shape index (κ2) is 8.87. The van der Waals surface area contributed by atoms with E-state index in [0.29, 0.717) is 13.2 Å². The first-order valence-electron chi connectivity index (χ1n) is 7.20. The first-order chi connectivity index (χ1) is 10.4. The van der Waals surface area contributed by atoms with Crippen molar-refractivity contribution in [2.45, 2.75) is 31.7 Å². The summed E-state index contributed by atoms with van der Waals surface area (Å²) in [6.45, 7) is 6.27. The number of sulfonamides is 1. The minimum absolute atomic E-state index is 0.100. The fourth-order valence-corrected chi connectivity index (χ4v) is 3.08. The van der Waals surface area contributed by atoms with Crippen LogP contribution >= 0.6 is 0 Å². The minimum Gasteiger partial charge on any atom is -0.462 e. The molecule has 0 aromatic heterocycles. The Balaban J connectivity index is 2.74. The Labute approximate surface area is 131 Å². The topological polar surface area (TPSA) is 81.7 Å². The summed E-state index contributed by atoms with van der Waals surface area (Å²) in [5.41, 5.74) is 0. The van der Waals surface area contributed by atoms with Crippen molar-refractivity contribution in [2.24, 2.45) is 5.92 Å². The third kappa shape index (κ3) is 5.75. The zero-order valence-corrected chi connectivity index (χ0v) is 13.9. The predicted octanol–water partition coefficient (Wildman–Crippen LogP) is 1.57. The van der Waals surface area contributed by atoms with Crippen molar-refractivity contribution < 1.29 is 22.7 Å². The SMILES string of the molecule is CCOCCOC(=O)[C@@H](NS(=O)(=O)c1ccccc1)C(C)C. The number of hydrogen-bond donors (Lipinski definition) is 1. The van der Waals surface area contributed by atoms with E-state index in [-0.39, 0.29) is 17.4 Å². The molecule has 1 aromatic carbocycles. The Morgan fingerprint density at radius 2 is 1.82 bits per heavy atom. The molecule has 1 aromatic rings. The van der Waals surface area contributed by atoms with Gasteiger partial charge in [-0.1, -0.05) is 32.0 Å². The standard InChI is InChI=1S/C15H23NO5S/c1-4-20-10-11-21-15(17)14(12(2)3)16-22(18,19)13-8-6-5-7-9-13/h5-9,12,14,16H,4,10-11H2,1-3H3/t14-/m0/s1. The Bertz CT molecular complexity index is 557. The summed E-state index contributed by atoms with van der Waals surface area (Å²) < 4.78 is 37.1. The molecule has 6 nitrogen and oxygen atoms in total. The Morgan fingerprint density at radius 3 is 2.36 bits per heavy atom. The van der Waals surface area contributed by atoms with E-state index in [2.05, 4.69) is 4.72 Å². The fraction of sp³-hybridized carbons (Fsp3) is 0.533. The summed E-state index contributed by atoms with van der Waals surface area (Å²) in [6, 6.07) is 6.98. The molecule has 0 amide bonds. The number of nitrogens with one attached hydrogen (secondary N) is 1. The molecule has 0 aliphatic heterocycles. The summed E-state index contributed by atoms with van der Waals surface area (Å²) in [6.07, 6.45) is 0. The van der Waals surface area contributed by atoms with Gasteiger partial charge in [-0.25, -0.2) is 8.42 Å². The second-order valence-electron chi connectivity index (χ2n) is 5.02. The lowest BCUT2D eigenvalue weighted by atomic mass is 10.1. The first-order valence-corrected chi connectivity index (χ1v) is 8.68. The van der Waals surface area contributed by atoms with Crippen LogP contribution in [0.3, 0.4) is 0 Å². The summed E-state index contributed by atoms with van der Waals surface area (Å²) in [5, 5.41) is 0. The van der Waals surface area contributed by atoms with Crippen molar-refractivity contribution in [3.05, 3.63) is 30.3 Å². The van der Waals surface area contributed by atoms with Crippen molar-refractivity contribution in [2.75, 3.05) is 19.8 Å². The zero-order chi connectivity index (χ0) is 16.6. The third-order valence-corrected chi connectivity index (χ3v) is 4.39. The van der Waals surface area contributed by atoms with Crippen molar-refractivity contribution in [3.63, 3.8) is 0 Å². The highest BCUT2D eigenvalue weighted by atomic mass is 32.2. The lowest BCUT2D eigenvalue weighted by molar-refractivity contribution is -0.148. The summed E-state index contributed by atoms with van der Waals surface area (Å²) in [4.78, 5) is 12.2. The average molecular weight is 329 g/mol. The van der Waals surface area contributed by atoms with Gasteiger partial charge >= 0.3 is 5.97 Å². The summed E-state index contributed by atoms with van der Waals surface area (Å²) in [5.74, 6) is -0.840. The molecule has 1 rings (SSSR count). The van der Waals surface area contributed by atoms with Crippen molar-refractivity contribution in [3.8, 4) is 0 Å². The Hall–Kier alpha value is -1.44. The molecular weight excluding hydrogens is 306 g/mol. The van der Waals surface area contributed by atoms with Gasteiger partial charge in [-0.05, 0) is 25.0 Å². The predicted molar refractivity (Wildman–Crippen MR) is 82.8 cm³/mol. The zero-order valence-electron chi connectivity index (χ0n) is 13.1. The molecule has 0 fully saturated rings.